The first-order valence-electron chi connectivity index (χ1n) is 7.34. The average Bonchev–Trinajstić information content (AvgIpc) is 2.40. The molecule has 0 radical (unpaired) electrons. The molecule has 0 saturated heterocycles. The van der Waals surface area contributed by atoms with Crippen molar-refractivity contribution < 1.29 is 14.3 Å². The Morgan fingerprint density at radius 2 is 1.56 bits per heavy atom. The molecule has 0 aromatic carbocycles. The molecule has 0 spiro atoms. The van der Waals surface area contributed by atoms with Gasteiger partial charge < -0.3 is 14.3 Å². The van der Waals surface area contributed by atoms with Crippen molar-refractivity contribution in [2.75, 3.05) is 13.2 Å². The van der Waals surface area contributed by atoms with Crippen molar-refractivity contribution in [3.8, 4) is 0 Å². The van der Waals surface area contributed by atoms with E-state index in [4.69, 9.17) is 9.47 Å². The molecule has 18 heavy (non-hydrogen) atoms. The molecule has 1 aliphatic rings. The maximum Gasteiger partial charge on any atom is 0.154 e. The summed E-state index contributed by atoms with van der Waals surface area (Å²) in [6.07, 6.45) is 7.67. The van der Waals surface area contributed by atoms with Gasteiger partial charge in [0.05, 0.1) is 0 Å². The van der Waals surface area contributed by atoms with Gasteiger partial charge in [0.25, 0.3) is 0 Å². The van der Waals surface area contributed by atoms with E-state index >= 15 is 0 Å². The number of ether oxygens (including phenoxy) is 2. The fourth-order valence-electron chi connectivity index (χ4n) is 2.29. The zero-order valence-corrected chi connectivity index (χ0v) is 12.5. The van der Waals surface area contributed by atoms with Gasteiger partial charge in [0.1, 0.15) is 6.29 Å². The van der Waals surface area contributed by atoms with Crippen LogP contribution >= 0.6 is 0 Å². The van der Waals surface area contributed by atoms with Crippen molar-refractivity contribution >= 4 is 6.29 Å². The molecule has 0 aromatic rings. The minimum Gasteiger partial charge on any atom is -0.353 e. The largest absolute Gasteiger partial charge is 0.353 e. The lowest BCUT2D eigenvalue weighted by atomic mass is 9.82. The molecule has 3 nitrogen and oxygen atoms in total. The third-order valence-corrected chi connectivity index (χ3v) is 3.41. The predicted molar refractivity (Wildman–Crippen MR) is 74.5 cm³/mol. The second-order valence-electron chi connectivity index (χ2n) is 4.87. The Labute approximate surface area is 112 Å². The minimum absolute atomic E-state index is 0.0370. The molecule has 0 amide bonds. The molecule has 1 atom stereocenters. The van der Waals surface area contributed by atoms with Crippen LogP contribution in [0.25, 0.3) is 0 Å². The lowest BCUT2D eigenvalue weighted by Gasteiger charge is -2.23. The second kappa shape index (κ2) is 11.7. The van der Waals surface area contributed by atoms with Gasteiger partial charge in [0, 0.05) is 19.1 Å². The molecule has 1 rings (SSSR count). The molecule has 3 heteroatoms. The van der Waals surface area contributed by atoms with Crippen LogP contribution in [0.4, 0.5) is 0 Å². The van der Waals surface area contributed by atoms with Crippen LogP contribution in [0.2, 0.25) is 0 Å². The van der Waals surface area contributed by atoms with Crippen molar-refractivity contribution in [1.82, 2.24) is 0 Å². The van der Waals surface area contributed by atoms with Crippen LogP contribution in [-0.4, -0.2) is 25.8 Å². The molecule has 1 unspecified atom stereocenters. The molecule has 0 bridgehead atoms. The van der Waals surface area contributed by atoms with E-state index in [9.17, 15) is 4.79 Å². The number of carbonyl (C=O) groups is 1. The smallest absolute Gasteiger partial charge is 0.154 e. The van der Waals surface area contributed by atoms with Crippen molar-refractivity contribution in [2.45, 2.75) is 66.1 Å². The van der Waals surface area contributed by atoms with E-state index in [0.717, 1.165) is 19.5 Å². The summed E-state index contributed by atoms with van der Waals surface area (Å²) in [5.41, 5.74) is 0. The number of hydrogen-bond acceptors (Lipinski definition) is 3. The summed E-state index contributed by atoms with van der Waals surface area (Å²) in [5.74, 6) is 1.01. The molecule has 108 valence electrons. The van der Waals surface area contributed by atoms with Crippen LogP contribution in [0.5, 0.6) is 0 Å². The Morgan fingerprint density at radius 1 is 1.06 bits per heavy atom. The normalized spacial score (nSPS) is 18.1. The van der Waals surface area contributed by atoms with Gasteiger partial charge in [-0.05, 0) is 39.5 Å². The monoisotopic (exact) mass is 258 g/mol. The van der Waals surface area contributed by atoms with Crippen LogP contribution in [0.1, 0.15) is 59.8 Å². The summed E-state index contributed by atoms with van der Waals surface area (Å²) in [6, 6.07) is 0. The van der Waals surface area contributed by atoms with Crippen LogP contribution in [0, 0.1) is 11.8 Å². The quantitative estimate of drug-likeness (QED) is 0.537. The van der Waals surface area contributed by atoms with Gasteiger partial charge >= 0.3 is 0 Å². The number of hydrogen-bond donors (Lipinski definition) is 0. The van der Waals surface area contributed by atoms with Crippen molar-refractivity contribution in [1.29, 1.82) is 0 Å². The fourth-order valence-corrected chi connectivity index (χ4v) is 2.29. The van der Waals surface area contributed by atoms with E-state index in [2.05, 4.69) is 0 Å². The van der Waals surface area contributed by atoms with Gasteiger partial charge in [-0.2, -0.15) is 0 Å². The minimum atomic E-state index is -0.0370. The first kappa shape index (κ1) is 17.6. The number of rotatable bonds is 6. The third-order valence-electron chi connectivity index (χ3n) is 3.41. The van der Waals surface area contributed by atoms with E-state index in [-0.39, 0.29) is 6.29 Å². The van der Waals surface area contributed by atoms with Crippen LogP contribution < -0.4 is 0 Å². The predicted octanol–water partition coefficient (Wildman–Crippen LogP) is 3.81. The first-order chi connectivity index (χ1) is 8.65. The summed E-state index contributed by atoms with van der Waals surface area (Å²) in [4.78, 5) is 10.4. The van der Waals surface area contributed by atoms with Gasteiger partial charge in [0.15, 0.2) is 6.29 Å². The average molecular weight is 258 g/mol. The van der Waals surface area contributed by atoms with Gasteiger partial charge in [-0.1, -0.05) is 26.2 Å². The highest BCUT2D eigenvalue weighted by Gasteiger charge is 2.18. The van der Waals surface area contributed by atoms with E-state index < -0.39 is 0 Å². The molecule has 0 aliphatic heterocycles. The lowest BCUT2D eigenvalue weighted by Crippen LogP contribution is -2.15. The van der Waals surface area contributed by atoms with Crippen LogP contribution in [-0.2, 0) is 14.3 Å². The summed E-state index contributed by atoms with van der Waals surface area (Å²) in [5, 5.41) is 0. The maximum atomic E-state index is 10.4. The van der Waals surface area contributed by atoms with E-state index in [1.54, 1.807) is 0 Å². The second-order valence-corrected chi connectivity index (χ2v) is 4.87. The molecule has 1 fully saturated rings. The summed E-state index contributed by atoms with van der Waals surface area (Å²) in [7, 11) is 0. The van der Waals surface area contributed by atoms with E-state index in [1.165, 1.54) is 32.1 Å². The number of carbonyl (C=O) groups excluding carboxylic acids is 1. The van der Waals surface area contributed by atoms with Crippen LogP contribution in [0.3, 0.4) is 0 Å². The zero-order chi connectivity index (χ0) is 13.8. The van der Waals surface area contributed by atoms with Gasteiger partial charge in [-0.3, -0.25) is 0 Å². The highest BCUT2D eigenvalue weighted by Crippen LogP contribution is 2.28. The van der Waals surface area contributed by atoms with Crippen molar-refractivity contribution in [2.24, 2.45) is 11.8 Å². The Kier molecular flexibility index (Phi) is 11.4. The number of aldehydes is 1. The highest BCUT2D eigenvalue weighted by atomic mass is 16.7. The SMILES string of the molecule is CC(C=O)C1CCCCC1.CCOC(C)OCC. The summed E-state index contributed by atoms with van der Waals surface area (Å²) < 4.78 is 10.1. The van der Waals surface area contributed by atoms with E-state index in [1.807, 2.05) is 27.7 Å². The molecule has 1 aliphatic carbocycles. The first-order valence-corrected chi connectivity index (χ1v) is 7.34. The zero-order valence-electron chi connectivity index (χ0n) is 12.5. The van der Waals surface area contributed by atoms with Gasteiger partial charge in [-0.15, -0.1) is 0 Å². The maximum absolute atomic E-state index is 10.4. The van der Waals surface area contributed by atoms with Crippen molar-refractivity contribution in [3.63, 3.8) is 0 Å². The molecule has 0 N–H and O–H groups in total. The third kappa shape index (κ3) is 8.65. The molecule has 0 aromatic heterocycles. The summed E-state index contributed by atoms with van der Waals surface area (Å²) in [6.45, 7) is 9.30. The topological polar surface area (TPSA) is 35.5 Å². The van der Waals surface area contributed by atoms with Gasteiger partial charge in [-0.25, -0.2) is 0 Å². The standard InChI is InChI=1S/C9H16O.C6H14O2/c1-8(7-10)9-5-3-2-4-6-9;1-4-7-6(3)8-5-2/h7-9H,2-6H2,1H3;6H,4-5H2,1-3H3. The molecule has 1 saturated carbocycles. The van der Waals surface area contributed by atoms with Crippen molar-refractivity contribution in [3.05, 3.63) is 0 Å². The molecule has 0 heterocycles. The molecular formula is C15H30O3. The Bertz CT molecular complexity index is 182. The highest BCUT2D eigenvalue weighted by molar-refractivity contribution is 5.53. The van der Waals surface area contributed by atoms with Crippen LogP contribution in [0.15, 0.2) is 0 Å². The van der Waals surface area contributed by atoms with Gasteiger partial charge in [0.2, 0.25) is 0 Å². The summed E-state index contributed by atoms with van der Waals surface area (Å²) >= 11 is 0. The Morgan fingerprint density at radius 3 is 1.94 bits per heavy atom. The molecular weight excluding hydrogens is 228 g/mol. The Balaban J connectivity index is 0.000000331. The fraction of sp³-hybridized carbons (Fsp3) is 0.933. The Hall–Kier alpha value is -0.410. The van der Waals surface area contributed by atoms with E-state index in [0.29, 0.717) is 11.8 Å². The lowest BCUT2D eigenvalue weighted by molar-refractivity contribution is -0.123.